The number of hydrogen-bond acceptors (Lipinski definition) is 5. The molecule has 0 aliphatic rings. The lowest BCUT2D eigenvalue weighted by molar-refractivity contribution is 0.0901. The lowest BCUT2D eigenvalue weighted by Gasteiger charge is -2.13. The molecule has 9 heteroatoms. The Morgan fingerprint density at radius 1 is 1.33 bits per heavy atom. The highest BCUT2D eigenvalue weighted by Crippen LogP contribution is 2.19. The summed E-state index contributed by atoms with van der Waals surface area (Å²) in [6.45, 7) is 1.38. The van der Waals surface area contributed by atoms with Gasteiger partial charge in [0.25, 0.3) is 11.7 Å². The van der Waals surface area contributed by atoms with Gasteiger partial charge in [0.2, 0.25) is 5.82 Å². The number of rotatable bonds is 4. The maximum atomic E-state index is 13.6. The third-order valence-electron chi connectivity index (χ3n) is 3.42. The molecule has 0 fully saturated rings. The molecule has 1 unspecified atom stereocenters. The van der Waals surface area contributed by atoms with Gasteiger partial charge in [-0.05, 0) is 25.1 Å². The Hall–Kier alpha value is -2.94. The summed E-state index contributed by atoms with van der Waals surface area (Å²) < 4.78 is 28.6. The van der Waals surface area contributed by atoms with E-state index in [0.29, 0.717) is 0 Å². The van der Waals surface area contributed by atoms with Gasteiger partial charge in [-0.25, -0.2) is 18.3 Å². The summed E-state index contributed by atoms with van der Waals surface area (Å²) >= 11 is 0. The summed E-state index contributed by atoms with van der Waals surface area (Å²) in [5.74, 6) is -2.36. The predicted octanol–water partition coefficient (Wildman–Crippen LogP) is 1.17. The molecular weight excluding hydrogens is 320 g/mol. The van der Waals surface area contributed by atoms with Crippen molar-refractivity contribution in [3.05, 3.63) is 59.2 Å². The maximum absolute atomic E-state index is 13.6. The van der Waals surface area contributed by atoms with Crippen molar-refractivity contribution in [1.82, 2.24) is 24.9 Å². The molecule has 2 aromatic heterocycles. The van der Waals surface area contributed by atoms with Crippen LogP contribution in [0.25, 0.3) is 5.78 Å². The van der Waals surface area contributed by atoms with Gasteiger partial charge >= 0.3 is 0 Å². The van der Waals surface area contributed by atoms with Crippen LogP contribution in [0.2, 0.25) is 0 Å². The Morgan fingerprint density at radius 3 is 2.71 bits per heavy atom. The number of amides is 1. The molecule has 2 heterocycles. The molecule has 0 aliphatic carbocycles. The molecule has 2 N–H and O–H groups in total. The highest BCUT2D eigenvalue weighted by molar-refractivity contribution is 5.90. The number of aromatic nitrogens is 4. The van der Waals surface area contributed by atoms with Gasteiger partial charge < -0.3 is 10.4 Å². The van der Waals surface area contributed by atoms with Crippen molar-refractivity contribution in [3.63, 3.8) is 0 Å². The first-order valence-electron chi connectivity index (χ1n) is 7.06. The molecule has 1 aromatic carbocycles. The number of benzene rings is 1. The molecule has 0 saturated carbocycles. The summed E-state index contributed by atoms with van der Waals surface area (Å²) in [6.07, 6.45) is -0.00167. The monoisotopic (exact) mass is 333 g/mol. The van der Waals surface area contributed by atoms with Gasteiger partial charge in [0, 0.05) is 18.4 Å². The fraction of sp³-hybridized carbons (Fsp3) is 0.200. The van der Waals surface area contributed by atoms with E-state index in [9.17, 15) is 18.7 Å². The number of fused-ring (bicyclic) bond motifs is 1. The predicted molar refractivity (Wildman–Crippen MR) is 79.2 cm³/mol. The number of hydrogen-bond donors (Lipinski definition) is 2. The molecule has 3 aromatic rings. The molecule has 0 spiro atoms. The Balaban J connectivity index is 1.74. The van der Waals surface area contributed by atoms with Crippen LogP contribution in [0.1, 0.15) is 28.0 Å². The normalized spacial score (nSPS) is 12.3. The summed E-state index contributed by atoms with van der Waals surface area (Å²) in [6, 6.07) is 4.95. The highest BCUT2D eigenvalue weighted by Gasteiger charge is 2.20. The number of aliphatic hydroxyl groups excluding tert-OH is 1. The van der Waals surface area contributed by atoms with Crippen LogP contribution in [0.5, 0.6) is 0 Å². The van der Waals surface area contributed by atoms with Crippen LogP contribution < -0.4 is 5.32 Å². The van der Waals surface area contributed by atoms with E-state index in [1.165, 1.54) is 16.8 Å². The number of nitrogens with zero attached hydrogens (tertiary/aromatic N) is 4. The minimum absolute atomic E-state index is 0.155. The van der Waals surface area contributed by atoms with Gasteiger partial charge in [0.05, 0.1) is 5.56 Å². The first-order chi connectivity index (χ1) is 11.5. The number of nitrogens with one attached hydrogen (secondary N) is 1. The Bertz CT molecular complexity index is 892. The number of carbonyl (C=O) groups is 1. The zero-order valence-corrected chi connectivity index (χ0v) is 12.6. The van der Waals surface area contributed by atoms with Gasteiger partial charge in [-0.3, -0.25) is 4.79 Å². The van der Waals surface area contributed by atoms with Crippen LogP contribution in [-0.2, 0) is 0 Å². The van der Waals surface area contributed by atoms with Crippen LogP contribution >= 0.6 is 0 Å². The largest absolute Gasteiger partial charge is 0.386 e. The van der Waals surface area contributed by atoms with Crippen LogP contribution in [0.3, 0.4) is 0 Å². The molecule has 3 rings (SSSR count). The quantitative estimate of drug-likeness (QED) is 0.748. The molecule has 0 aliphatic heterocycles. The lowest BCUT2D eigenvalue weighted by Crippen LogP contribution is -2.30. The zero-order valence-electron chi connectivity index (χ0n) is 12.6. The van der Waals surface area contributed by atoms with Gasteiger partial charge in [0.15, 0.2) is 0 Å². The average Bonchev–Trinajstić information content (AvgIpc) is 2.98. The molecule has 1 amide bonds. The number of aryl methyl sites for hydroxylation is 1. The van der Waals surface area contributed by atoms with Crippen LogP contribution in [0, 0.1) is 18.6 Å². The fourth-order valence-corrected chi connectivity index (χ4v) is 2.20. The standard InChI is InChI=1S/C15H13F2N5O2/c1-8-5-6-18-15-20-13(21-22(8)15)14(24)19-7-11(23)12-9(16)3-2-4-10(12)17/h2-6,11,23H,7H2,1H3,(H,19,24). The topological polar surface area (TPSA) is 92.4 Å². The van der Waals surface area contributed by atoms with E-state index < -0.39 is 35.8 Å². The van der Waals surface area contributed by atoms with Crippen molar-refractivity contribution in [3.8, 4) is 0 Å². The van der Waals surface area contributed by atoms with Crippen LogP contribution in [0.4, 0.5) is 8.78 Å². The van der Waals surface area contributed by atoms with Gasteiger partial charge in [-0.2, -0.15) is 4.98 Å². The van der Waals surface area contributed by atoms with Crippen molar-refractivity contribution < 1.29 is 18.7 Å². The smallest absolute Gasteiger partial charge is 0.291 e. The van der Waals surface area contributed by atoms with Gasteiger partial charge in [-0.1, -0.05) is 6.07 Å². The van der Waals surface area contributed by atoms with E-state index in [1.807, 2.05) is 0 Å². The molecular formula is C15H13F2N5O2. The van der Waals surface area contributed by atoms with Crippen molar-refractivity contribution in [1.29, 1.82) is 0 Å². The second-order valence-electron chi connectivity index (χ2n) is 5.09. The average molecular weight is 333 g/mol. The van der Waals surface area contributed by atoms with Crippen molar-refractivity contribution in [2.45, 2.75) is 13.0 Å². The minimum Gasteiger partial charge on any atom is -0.386 e. The number of carbonyl (C=O) groups excluding carboxylic acids is 1. The molecule has 0 saturated heterocycles. The lowest BCUT2D eigenvalue weighted by atomic mass is 10.1. The Morgan fingerprint density at radius 2 is 2.04 bits per heavy atom. The Kier molecular flexibility index (Phi) is 4.17. The third-order valence-corrected chi connectivity index (χ3v) is 3.42. The first-order valence-corrected chi connectivity index (χ1v) is 7.06. The van der Waals surface area contributed by atoms with Gasteiger partial charge in [0.1, 0.15) is 17.7 Å². The van der Waals surface area contributed by atoms with Crippen molar-refractivity contribution in [2.75, 3.05) is 6.54 Å². The van der Waals surface area contributed by atoms with Gasteiger partial charge in [-0.15, -0.1) is 5.10 Å². The van der Waals surface area contributed by atoms with Crippen LogP contribution in [0.15, 0.2) is 30.5 Å². The zero-order chi connectivity index (χ0) is 17.3. The fourth-order valence-electron chi connectivity index (χ4n) is 2.20. The minimum atomic E-state index is -1.54. The third kappa shape index (κ3) is 2.93. The van der Waals surface area contributed by atoms with E-state index in [-0.39, 0.29) is 11.6 Å². The maximum Gasteiger partial charge on any atom is 0.291 e. The van der Waals surface area contributed by atoms with Crippen molar-refractivity contribution >= 4 is 11.7 Å². The molecule has 0 radical (unpaired) electrons. The molecule has 124 valence electrons. The molecule has 1 atom stereocenters. The van der Waals surface area contributed by atoms with E-state index in [2.05, 4.69) is 20.4 Å². The first kappa shape index (κ1) is 15.9. The molecule has 0 bridgehead atoms. The summed E-state index contributed by atoms with van der Waals surface area (Å²) in [7, 11) is 0. The second-order valence-corrected chi connectivity index (χ2v) is 5.09. The van der Waals surface area contributed by atoms with E-state index >= 15 is 0 Å². The van der Waals surface area contributed by atoms with Crippen molar-refractivity contribution in [2.24, 2.45) is 0 Å². The number of aliphatic hydroxyl groups is 1. The number of halogens is 2. The second kappa shape index (κ2) is 6.28. The van der Waals surface area contributed by atoms with E-state index in [0.717, 1.165) is 17.8 Å². The summed E-state index contributed by atoms with van der Waals surface area (Å²) in [5.41, 5.74) is 0.235. The SMILES string of the molecule is Cc1ccnc2nc(C(=O)NCC(O)c3c(F)cccc3F)nn12. The van der Waals surface area contributed by atoms with E-state index in [4.69, 9.17) is 0 Å². The van der Waals surface area contributed by atoms with E-state index in [1.54, 1.807) is 13.0 Å². The molecule has 24 heavy (non-hydrogen) atoms. The molecule has 7 nitrogen and oxygen atoms in total. The highest BCUT2D eigenvalue weighted by atomic mass is 19.1. The summed E-state index contributed by atoms with van der Waals surface area (Å²) in [5, 5.41) is 16.3. The Labute approximate surface area is 135 Å². The summed E-state index contributed by atoms with van der Waals surface area (Å²) in [4.78, 5) is 20.0. The van der Waals surface area contributed by atoms with Crippen LogP contribution in [-0.4, -0.2) is 37.1 Å².